The Morgan fingerprint density at radius 2 is 1.79 bits per heavy atom. The van der Waals surface area contributed by atoms with Crippen molar-refractivity contribution < 1.29 is 42.3 Å². The van der Waals surface area contributed by atoms with Gasteiger partial charge < -0.3 is 29.6 Å². The largest absolute Gasteiger partial charge is 0.399 e. The van der Waals surface area contributed by atoms with Crippen molar-refractivity contribution in [3.63, 3.8) is 0 Å². The normalized spacial score (nSPS) is 20.0. The van der Waals surface area contributed by atoms with Crippen molar-refractivity contribution in [1.29, 1.82) is 0 Å². The molecule has 0 aliphatic carbocycles. The minimum atomic E-state index is -5.78. The minimum absolute atomic E-state index is 0.120. The molecule has 2 unspecified atom stereocenters. The number of hydrogen-bond acceptors (Lipinski definition) is 6. The summed E-state index contributed by atoms with van der Waals surface area (Å²) in [6, 6.07) is 7.86. The number of thiophene rings is 1. The molecule has 3 aromatic rings. The topological polar surface area (TPSA) is 136 Å². The van der Waals surface area contributed by atoms with Crippen LogP contribution in [0.25, 0.3) is 10.1 Å². The minimum Gasteiger partial charge on any atom is -0.370 e. The highest BCUT2D eigenvalue weighted by molar-refractivity contribution is 7.52. The van der Waals surface area contributed by atoms with Crippen molar-refractivity contribution in [2.24, 2.45) is 5.41 Å². The molecule has 2 fully saturated rings. The second-order valence-electron chi connectivity index (χ2n) is 12.7. The summed E-state index contributed by atoms with van der Waals surface area (Å²) < 4.78 is 46.3. The number of rotatable bonds is 7. The molecule has 3 atom stereocenters. The number of alkyl halides is 2. The summed E-state index contributed by atoms with van der Waals surface area (Å²) in [5.41, 5.74) is -5.26. The molecule has 47 heavy (non-hydrogen) atoms. The van der Waals surface area contributed by atoms with Crippen molar-refractivity contribution in [2.45, 2.75) is 57.5 Å². The van der Waals surface area contributed by atoms with Gasteiger partial charge in [0.2, 0.25) is 11.8 Å². The third kappa shape index (κ3) is 7.36. The molecule has 0 radical (unpaired) electrons. The van der Waals surface area contributed by atoms with E-state index in [0.717, 1.165) is 29.0 Å². The van der Waals surface area contributed by atoms with Crippen LogP contribution in [0.5, 0.6) is 0 Å². The summed E-state index contributed by atoms with van der Waals surface area (Å²) >= 11 is 13.2. The Morgan fingerprint density at radius 1 is 1.06 bits per heavy atom. The molecule has 3 heterocycles. The van der Waals surface area contributed by atoms with Crippen molar-refractivity contribution in [1.82, 2.24) is 15.1 Å². The van der Waals surface area contributed by atoms with E-state index in [1.165, 1.54) is 17.0 Å². The average molecular weight is 733 g/mol. The predicted molar refractivity (Wildman–Crippen MR) is 175 cm³/mol. The van der Waals surface area contributed by atoms with Crippen LogP contribution in [0.2, 0.25) is 10.0 Å². The second-order valence-corrected chi connectivity index (χ2v) is 16.3. The number of carbonyl (C=O) groups excluding carboxylic acids is 3. The third-order valence-electron chi connectivity index (χ3n) is 8.36. The van der Waals surface area contributed by atoms with Crippen LogP contribution in [0.3, 0.4) is 0 Å². The monoisotopic (exact) mass is 731 g/mol. The van der Waals surface area contributed by atoms with Crippen molar-refractivity contribution in [3.8, 4) is 0 Å². The van der Waals surface area contributed by atoms with E-state index < -0.39 is 54.2 Å². The van der Waals surface area contributed by atoms with E-state index in [2.05, 4.69) is 5.32 Å². The number of morpholine rings is 1. The predicted octanol–water partition coefficient (Wildman–Crippen LogP) is 6.17. The lowest BCUT2D eigenvalue weighted by molar-refractivity contribution is -0.150. The Kier molecular flexibility index (Phi) is 10.1. The Morgan fingerprint density at radius 3 is 2.45 bits per heavy atom. The van der Waals surface area contributed by atoms with Gasteiger partial charge in [0, 0.05) is 23.4 Å². The lowest BCUT2D eigenvalue weighted by atomic mass is 9.85. The van der Waals surface area contributed by atoms with Crippen molar-refractivity contribution in [3.05, 3.63) is 68.5 Å². The summed E-state index contributed by atoms with van der Waals surface area (Å²) in [6.45, 7) is 6.60. The summed E-state index contributed by atoms with van der Waals surface area (Å²) in [7, 11) is -5.78. The number of benzene rings is 2. The maximum absolute atomic E-state index is 14.3. The maximum atomic E-state index is 14.3. The van der Waals surface area contributed by atoms with Crippen LogP contribution < -0.4 is 5.32 Å². The number of hydrogen-bond donors (Lipinski definition) is 3. The first-order chi connectivity index (χ1) is 21.9. The van der Waals surface area contributed by atoms with Crippen LogP contribution in [0, 0.1) is 5.41 Å². The van der Waals surface area contributed by atoms with E-state index in [4.69, 9.17) is 37.7 Å². The van der Waals surface area contributed by atoms with E-state index >= 15 is 0 Å². The number of amides is 3. The van der Waals surface area contributed by atoms with Gasteiger partial charge in [0.25, 0.3) is 5.91 Å². The van der Waals surface area contributed by atoms with Gasteiger partial charge in [-0.25, -0.2) is 0 Å². The quantitative estimate of drug-likeness (QED) is 0.247. The van der Waals surface area contributed by atoms with Crippen LogP contribution in [0.4, 0.5) is 8.78 Å². The smallest absolute Gasteiger partial charge is 0.370 e. The van der Waals surface area contributed by atoms with Crippen LogP contribution in [-0.2, 0) is 24.6 Å². The van der Waals surface area contributed by atoms with Gasteiger partial charge >= 0.3 is 13.3 Å². The van der Waals surface area contributed by atoms with E-state index in [1.54, 1.807) is 43.9 Å². The second kappa shape index (κ2) is 13.3. The van der Waals surface area contributed by atoms with Gasteiger partial charge in [0.15, 0.2) is 0 Å². The lowest BCUT2D eigenvalue weighted by Gasteiger charge is -2.38. The molecule has 5 rings (SSSR count). The Bertz CT molecular complexity index is 1760. The highest BCUT2D eigenvalue weighted by atomic mass is 35.5. The third-order valence-corrected chi connectivity index (χ3v) is 11.2. The van der Waals surface area contributed by atoms with E-state index in [-0.39, 0.29) is 22.7 Å². The molecule has 3 N–H and O–H groups in total. The molecular weight excluding hydrogens is 698 g/mol. The Balaban J connectivity index is 1.32. The number of carbonyl (C=O) groups is 3. The molecule has 0 spiro atoms. The number of ether oxygens (including phenoxy) is 1. The van der Waals surface area contributed by atoms with Crippen molar-refractivity contribution in [2.75, 3.05) is 26.2 Å². The highest BCUT2D eigenvalue weighted by Gasteiger charge is 2.50. The molecule has 2 aromatic carbocycles. The van der Waals surface area contributed by atoms with Crippen LogP contribution in [0.15, 0.2) is 42.5 Å². The molecule has 1 aromatic heterocycles. The van der Waals surface area contributed by atoms with E-state index in [9.17, 15) is 27.7 Å². The number of fused-ring (bicyclic) bond motifs is 1. The average Bonchev–Trinajstić information content (AvgIpc) is 3.67. The molecule has 2 aliphatic rings. The van der Waals surface area contributed by atoms with Crippen LogP contribution in [-0.4, -0.2) is 75.6 Å². The molecule has 10 nitrogen and oxygen atoms in total. The summed E-state index contributed by atoms with van der Waals surface area (Å²) in [5.74, 6) is -1.25. The van der Waals surface area contributed by atoms with Crippen LogP contribution in [0.1, 0.15) is 60.5 Å². The highest BCUT2D eigenvalue weighted by Crippen LogP contribution is 2.59. The number of nitrogens with one attached hydrogen (secondary N) is 1. The van der Waals surface area contributed by atoms with Gasteiger partial charge in [-0.15, -0.1) is 11.3 Å². The zero-order chi connectivity index (χ0) is 34.5. The van der Waals surface area contributed by atoms with Gasteiger partial charge in [-0.3, -0.25) is 18.9 Å². The van der Waals surface area contributed by atoms with Gasteiger partial charge in [-0.1, -0.05) is 56.1 Å². The van der Waals surface area contributed by atoms with Crippen LogP contribution >= 0.6 is 42.1 Å². The summed E-state index contributed by atoms with van der Waals surface area (Å²) in [4.78, 5) is 62.9. The fourth-order valence-corrected chi connectivity index (χ4v) is 7.52. The molecule has 254 valence electrons. The zero-order valence-corrected chi connectivity index (χ0v) is 28.9. The number of halogens is 4. The first-order valence-corrected chi connectivity index (χ1v) is 18.0. The Labute approximate surface area is 284 Å². The lowest BCUT2D eigenvalue weighted by Crippen LogP contribution is -2.58. The molecule has 0 bridgehead atoms. The Hall–Kier alpha value is -2.64. The van der Waals surface area contributed by atoms with Gasteiger partial charge in [0.1, 0.15) is 18.2 Å². The first-order valence-electron chi connectivity index (χ1n) is 14.8. The molecular formula is C31H34Cl2F2N3O7PS. The van der Waals surface area contributed by atoms with E-state index in [1.807, 2.05) is 0 Å². The molecule has 2 saturated heterocycles. The number of likely N-dealkylation sites (tertiary alicyclic amines) is 1. The van der Waals surface area contributed by atoms with E-state index in [0.29, 0.717) is 47.3 Å². The molecule has 16 heteroatoms. The molecule has 2 aliphatic heterocycles. The summed E-state index contributed by atoms with van der Waals surface area (Å²) in [5, 5.41) is 3.77. The maximum Gasteiger partial charge on any atom is 0.399 e. The standard InChI is InChI=1S/C31H34Cl2F2N3O7PS/c1-30(2,3)26(36-27(39)25-15-18-13-19(7-9-24(18)47-25)31(34,35)46(42,43)44)29(41)38-10-4-5-22(38)28(40)37-11-12-45-23(16-37)17-6-8-20(32)21(33)14-17/h6-9,13-15,22-23,26H,4-5,10-12,16H2,1-3H3,(H,36,39)(H2,42,43,44)/t22-,23?,26?/m0/s1. The van der Waals surface area contributed by atoms with Crippen molar-refractivity contribution >= 4 is 69.9 Å². The fourth-order valence-electron chi connectivity index (χ4n) is 5.79. The van der Waals surface area contributed by atoms with Gasteiger partial charge in [0.05, 0.1) is 28.1 Å². The first kappa shape index (κ1) is 35.7. The van der Waals surface area contributed by atoms with Gasteiger partial charge in [-0.2, -0.15) is 8.78 Å². The SMILES string of the molecule is CC(C)(C)C(NC(=O)c1cc2cc(C(F)(F)P(=O)(O)O)ccc2s1)C(=O)N1CCC[C@H]1C(=O)N1CCOC(c2ccc(Cl)c(Cl)c2)C1. The zero-order valence-electron chi connectivity index (χ0n) is 25.7. The molecule has 0 saturated carbocycles. The number of nitrogens with zero attached hydrogens (tertiary/aromatic N) is 2. The van der Waals surface area contributed by atoms with Gasteiger partial charge in [-0.05, 0) is 59.5 Å². The fraction of sp³-hybridized carbons (Fsp3) is 0.452. The molecule has 3 amide bonds. The summed E-state index contributed by atoms with van der Waals surface area (Å²) in [6.07, 6.45) is 0.642.